The summed E-state index contributed by atoms with van der Waals surface area (Å²) in [6.07, 6.45) is 6.74. The Morgan fingerprint density at radius 2 is 2.09 bits per heavy atom. The van der Waals surface area contributed by atoms with Crippen LogP contribution in [0.4, 0.5) is 0 Å². The van der Waals surface area contributed by atoms with Gasteiger partial charge in [-0.3, -0.25) is 0 Å². The van der Waals surface area contributed by atoms with Gasteiger partial charge >= 0.3 is 0 Å². The first kappa shape index (κ1) is 8.58. The van der Waals surface area contributed by atoms with Gasteiger partial charge in [-0.1, -0.05) is 38.2 Å². The molecule has 0 radical (unpaired) electrons. The molecule has 0 aromatic heterocycles. The number of hydrogen-bond acceptors (Lipinski definition) is 0. The Hall–Kier alpha value is -0.520. The van der Waals surface area contributed by atoms with Crippen molar-refractivity contribution in [3.8, 4) is 0 Å². The Morgan fingerprint density at radius 1 is 1.55 bits per heavy atom. The molecular formula is C11H18. The van der Waals surface area contributed by atoms with Gasteiger partial charge in [0.1, 0.15) is 0 Å². The first-order valence-electron chi connectivity index (χ1n) is 4.38. The Bertz CT molecular complexity index is 180. The van der Waals surface area contributed by atoms with E-state index in [1.165, 1.54) is 18.4 Å². The van der Waals surface area contributed by atoms with Gasteiger partial charge in [0.15, 0.2) is 0 Å². The van der Waals surface area contributed by atoms with E-state index in [0.29, 0.717) is 5.41 Å². The van der Waals surface area contributed by atoms with Gasteiger partial charge < -0.3 is 0 Å². The standard InChI is InChI=1S/C11H18/c1-5-6-10(3)11(4)7-9(2)8-11/h5-6,9H,1,7-8H2,2-4H3. The zero-order chi connectivity index (χ0) is 8.48. The summed E-state index contributed by atoms with van der Waals surface area (Å²) >= 11 is 0. The monoisotopic (exact) mass is 150 g/mol. The minimum Gasteiger partial charge on any atom is -0.0991 e. The molecule has 0 aliphatic heterocycles. The van der Waals surface area contributed by atoms with Crippen molar-refractivity contribution in [2.45, 2.75) is 33.6 Å². The normalized spacial score (nSPS) is 38.1. The molecule has 0 unspecified atom stereocenters. The van der Waals surface area contributed by atoms with Crippen LogP contribution in [0.1, 0.15) is 33.6 Å². The third kappa shape index (κ3) is 1.55. The maximum absolute atomic E-state index is 3.72. The minimum atomic E-state index is 0.494. The molecule has 0 atom stereocenters. The van der Waals surface area contributed by atoms with Crippen molar-refractivity contribution < 1.29 is 0 Å². The lowest BCUT2D eigenvalue weighted by Crippen LogP contribution is -2.33. The van der Waals surface area contributed by atoms with Crippen LogP contribution >= 0.6 is 0 Å². The lowest BCUT2D eigenvalue weighted by molar-refractivity contribution is 0.131. The second kappa shape index (κ2) is 2.84. The second-order valence-corrected chi connectivity index (χ2v) is 4.16. The molecule has 1 rings (SSSR count). The molecule has 0 nitrogen and oxygen atoms in total. The molecular weight excluding hydrogens is 132 g/mol. The highest BCUT2D eigenvalue weighted by molar-refractivity contribution is 5.19. The van der Waals surface area contributed by atoms with Crippen LogP contribution in [-0.2, 0) is 0 Å². The molecule has 1 aliphatic rings. The summed E-state index contributed by atoms with van der Waals surface area (Å²) in [5.74, 6) is 0.924. The summed E-state index contributed by atoms with van der Waals surface area (Å²) < 4.78 is 0. The van der Waals surface area contributed by atoms with Gasteiger partial charge in [-0.05, 0) is 31.1 Å². The lowest BCUT2D eigenvalue weighted by atomic mass is 9.60. The van der Waals surface area contributed by atoms with E-state index in [0.717, 1.165) is 5.92 Å². The minimum absolute atomic E-state index is 0.494. The van der Waals surface area contributed by atoms with Crippen LogP contribution in [0.25, 0.3) is 0 Å². The molecule has 1 aliphatic carbocycles. The van der Waals surface area contributed by atoms with Crippen LogP contribution < -0.4 is 0 Å². The molecule has 1 fully saturated rings. The second-order valence-electron chi connectivity index (χ2n) is 4.16. The molecule has 62 valence electrons. The lowest BCUT2D eigenvalue weighted by Gasteiger charge is -2.45. The third-order valence-electron chi connectivity index (χ3n) is 2.92. The van der Waals surface area contributed by atoms with E-state index in [-0.39, 0.29) is 0 Å². The Kier molecular flexibility index (Phi) is 2.22. The molecule has 11 heavy (non-hydrogen) atoms. The van der Waals surface area contributed by atoms with Gasteiger partial charge in [-0.2, -0.15) is 0 Å². The van der Waals surface area contributed by atoms with Crippen LogP contribution in [0.3, 0.4) is 0 Å². The SMILES string of the molecule is C=CC=C(C)C1(C)CC(C)C1. The van der Waals surface area contributed by atoms with E-state index in [1.54, 1.807) is 0 Å². The van der Waals surface area contributed by atoms with E-state index in [2.05, 4.69) is 33.4 Å². The van der Waals surface area contributed by atoms with Gasteiger partial charge in [-0.15, -0.1) is 0 Å². The maximum Gasteiger partial charge on any atom is -0.0111 e. The predicted octanol–water partition coefficient (Wildman–Crippen LogP) is 3.55. The van der Waals surface area contributed by atoms with Crippen molar-refractivity contribution in [2.24, 2.45) is 11.3 Å². The fourth-order valence-corrected chi connectivity index (χ4v) is 2.18. The summed E-state index contributed by atoms with van der Waals surface area (Å²) in [5, 5.41) is 0. The highest BCUT2D eigenvalue weighted by Gasteiger charge is 2.38. The molecule has 0 heterocycles. The smallest absolute Gasteiger partial charge is 0.0111 e. The molecule has 0 bridgehead atoms. The topological polar surface area (TPSA) is 0 Å². The Balaban J connectivity index is 2.60. The molecule has 0 saturated heterocycles. The summed E-state index contributed by atoms with van der Waals surface area (Å²) in [5.41, 5.74) is 1.98. The van der Waals surface area contributed by atoms with Gasteiger partial charge in [0.2, 0.25) is 0 Å². The molecule has 0 aromatic carbocycles. The van der Waals surface area contributed by atoms with Crippen LogP contribution in [0.5, 0.6) is 0 Å². The quantitative estimate of drug-likeness (QED) is 0.528. The number of hydrogen-bond donors (Lipinski definition) is 0. The first-order chi connectivity index (χ1) is 5.08. The van der Waals surface area contributed by atoms with Crippen molar-refractivity contribution in [3.05, 3.63) is 24.3 Å². The zero-order valence-electron chi connectivity index (χ0n) is 7.85. The number of rotatable bonds is 2. The van der Waals surface area contributed by atoms with Crippen molar-refractivity contribution in [2.75, 3.05) is 0 Å². The molecule has 0 heteroatoms. The van der Waals surface area contributed by atoms with E-state index in [1.807, 2.05) is 6.08 Å². The summed E-state index contributed by atoms with van der Waals surface area (Å²) in [6.45, 7) is 10.6. The largest absolute Gasteiger partial charge is 0.0991 e. The van der Waals surface area contributed by atoms with Crippen LogP contribution in [0, 0.1) is 11.3 Å². The fourth-order valence-electron chi connectivity index (χ4n) is 2.18. The zero-order valence-corrected chi connectivity index (χ0v) is 7.85. The third-order valence-corrected chi connectivity index (χ3v) is 2.92. The van der Waals surface area contributed by atoms with Crippen molar-refractivity contribution in [1.82, 2.24) is 0 Å². The van der Waals surface area contributed by atoms with Crippen molar-refractivity contribution >= 4 is 0 Å². The number of allylic oxidation sites excluding steroid dienone is 3. The summed E-state index contributed by atoms with van der Waals surface area (Å²) in [4.78, 5) is 0. The highest BCUT2D eigenvalue weighted by atomic mass is 14.4. The van der Waals surface area contributed by atoms with E-state index in [9.17, 15) is 0 Å². The average molecular weight is 150 g/mol. The first-order valence-corrected chi connectivity index (χ1v) is 4.38. The maximum atomic E-state index is 3.72. The predicted molar refractivity (Wildman–Crippen MR) is 50.5 cm³/mol. The average Bonchev–Trinajstić information content (AvgIpc) is 1.85. The van der Waals surface area contributed by atoms with Gasteiger partial charge in [0, 0.05) is 0 Å². The van der Waals surface area contributed by atoms with E-state index in [4.69, 9.17) is 0 Å². The van der Waals surface area contributed by atoms with Gasteiger partial charge in [0.25, 0.3) is 0 Å². The van der Waals surface area contributed by atoms with Crippen molar-refractivity contribution in [3.63, 3.8) is 0 Å². The van der Waals surface area contributed by atoms with Crippen LogP contribution in [0.2, 0.25) is 0 Å². The molecule has 0 aromatic rings. The Morgan fingerprint density at radius 3 is 2.45 bits per heavy atom. The summed E-state index contributed by atoms with van der Waals surface area (Å²) in [6, 6.07) is 0. The highest BCUT2D eigenvalue weighted by Crippen LogP contribution is 2.49. The van der Waals surface area contributed by atoms with E-state index < -0.39 is 0 Å². The Labute approximate surface area is 70.0 Å². The molecule has 1 saturated carbocycles. The van der Waals surface area contributed by atoms with Crippen LogP contribution in [0.15, 0.2) is 24.3 Å². The van der Waals surface area contributed by atoms with Crippen molar-refractivity contribution in [1.29, 1.82) is 0 Å². The fraction of sp³-hybridized carbons (Fsp3) is 0.636. The molecule has 0 amide bonds. The van der Waals surface area contributed by atoms with Crippen LogP contribution in [-0.4, -0.2) is 0 Å². The van der Waals surface area contributed by atoms with E-state index >= 15 is 0 Å². The molecule has 0 N–H and O–H groups in total. The van der Waals surface area contributed by atoms with Gasteiger partial charge in [0.05, 0.1) is 0 Å². The molecule has 0 spiro atoms. The van der Waals surface area contributed by atoms with Gasteiger partial charge in [-0.25, -0.2) is 0 Å². The summed E-state index contributed by atoms with van der Waals surface area (Å²) in [7, 11) is 0.